The number of ketones is 1. The second kappa shape index (κ2) is 9.53. The van der Waals surface area contributed by atoms with Crippen LogP contribution in [0, 0.1) is 5.82 Å². The number of piperazine rings is 1. The maximum Gasteiger partial charge on any atom is 0.417 e. The standard InChI is InChI=1S/C23H21F4N3O5/c24-17-11-15(23(25,26)27)3-1-13(17)9-16-12-29(7-8-30(16)22(33)34)6-5-19(31)14-2-4-18-20(10-14)35-21(32)28-18/h1-4,10-11,16H,5-9,12H2,(H,28,32)(H,33,34). The Hall–Kier alpha value is -3.67. The van der Waals surface area contributed by atoms with Crippen LogP contribution in [-0.2, 0) is 12.6 Å². The molecule has 1 fully saturated rings. The van der Waals surface area contributed by atoms with Crippen LogP contribution in [0.5, 0.6) is 0 Å². The van der Waals surface area contributed by atoms with E-state index in [1.807, 2.05) is 4.90 Å². The van der Waals surface area contributed by atoms with Crippen molar-refractivity contribution in [3.05, 3.63) is 69.5 Å². The minimum absolute atomic E-state index is 0.0199. The zero-order valence-electron chi connectivity index (χ0n) is 18.3. The first-order valence-electron chi connectivity index (χ1n) is 10.7. The molecule has 1 aromatic heterocycles. The minimum atomic E-state index is -4.68. The zero-order chi connectivity index (χ0) is 25.3. The summed E-state index contributed by atoms with van der Waals surface area (Å²) in [5, 5.41) is 9.53. The van der Waals surface area contributed by atoms with Gasteiger partial charge in [0.05, 0.1) is 17.1 Å². The number of benzene rings is 2. The van der Waals surface area contributed by atoms with Gasteiger partial charge in [0, 0.05) is 38.2 Å². The largest absolute Gasteiger partial charge is 0.465 e. The summed E-state index contributed by atoms with van der Waals surface area (Å²) in [5.74, 6) is -1.89. The van der Waals surface area contributed by atoms with Crippen molar-refractivity contribution in [1.29, 1.82) is 0 Å². The first kappa shape index (κ1) is 24.5. The number of Topliss-reactive ketones (excluding diaryl/α,β-unsaturated/α-hetero) is 1. The third-order valence-electron chi connectivity index (χ3n) is 6.05. The Kier molecular flexibility index (Phi) is 6.66. The van der Waals surface area contributed by atoms with Crippen molar-refractivity contribution in [3.63, 3.8) is 0 Å². The Morgan fingerprint density at radius 1 is 1.14 bits per heavy atom. The normalized spacial score (nSPS) is 17.1. The molecule has 8 nitrogen and oxygen atoms in total. The number of hydrogen-bond acceptors (Lipinski definition) is 5. The Bertz CT molecular complexity index is 1320. The van der Waals surface area contributed by atoms with Gasteiger partial charge in [0.25, 0.3) is 0 Å². The first-order valence-corrected chi connectivity index (χ1v) is 10.7. The highest BCUT2D eigenvalue weighted by molar-refractivity contribution is 5.98. The van der Waals surface area contributed by atoms with E-state index in [1.165, 1.54) is 6.07 Å². The van der Waals surface area contributed by atoms with E-state index >= 15 is 0 Å². The molecule has 1 aliphatic rings. The van der Waals surface area contributed by atoms with E-state index in [9.17, 15) is 37.1 Å². The van der Waals surface area contributed by atoms with Gasteiger partial charge in [-0.1, -0.05) is 6.07 Å². The summed E-state index contributed by atoms with van der Waals surface area (Å²) >= 11 is 0. The van der Waals surface area contributed by atoms with Crippen LogP contribution in [-0.4, -0.2) is 64.0 Å². The molecule has 4 rings (SSSR count). The number of aromatic nitrogens is 1. The van der Waals surface area contributed by atoms with Crippen molar-refractivity contribution < 1.29 is 36.7 Å². The fourth-order valence-corrected chi connectivity index (χ4v) is 4.22. The van der Waals surface area contributed by atoms with E-state index in [-0.39, 0.29) is 42.9 Å². The van der Waals surface area contributed by atoms with Crippen LogP contribution < -0.4 is 5.76 Å². The molecule has 2 N–H and O–H groups in total. The van der Waals surface area contributed by atoms with E-state index in [1.54, 1.807) is 12.1 Å². The lowest BCUT2D eigenvalue weighted by molar-refractivity contribution is -0.137. The summed E-state index contributed by atoms with van der Waals surface area (Å²) in [6, 6.07) is 6.09. The molecule has 0 bridgehead atoms. The van der Waals surface area contributed by atoms with E-state index in [4.69, 9.17) is 4.42 Å². The molecule has 12 heteroatoms. The Labute approximate surface area is 195 Å². The number of hydrogen-bond donors (Lipinski definition) is 2. The highest BCUT2D eigenvalue weighted by Gasteiger charge is 2.33. The maximum atomic E-state index is 14.4. The molecular formula is C23H21F4N3O5. The predicted octanol–water partition coefficient (Wildman–Crippen LogP) is 3.76. The second-order valence-electron chi connectivity index (χ2n) is 8.34. The monoisotopic (exact) mass is 495 g/mol. The third kappa shape index (κ3) is 5.53. The molecule has 1 aliphatic heterocycles. The molecule has 2 aromatic carbocycles. The van der Waals surface area contributed by atoms with Crippen LogP contribution in [0.4, 0.5) is 22.4 Å². The SMILES string of the molecule is O=C(CCN1CCN(C(=O)O)C(Cc2ccc(C(F)(F)F)cc2F)C1)c1ccc2[nH]c(=O)oc2c1. The van der Waals surface area contributed by atoms with E-state index < -0.39 is 35.4 Å². The Morgan fingerprint density at radius 2 is 1.91 bits per heavy atom. The molecule has 186 valence electrons. The molecular weight excluding hydrogens is 474 g/mol. The highest BCUT2D eigenvalue weighted by Crippen LogP contribution is 2.31. The Morgan fingerprint density at radius 3 is 2.60 bits per heavy atom. The summed E-state index contributed by atoms with van der Waals surface area (Å²) in [6.45, 7) is 0.938. The number of carbonyl (C=O) groups excluding carboxylic acids is 1. The van der Waals surface area contributed by atoms with Crippen molar-refractivity contribution in [2.75, 3.05) is 26.2 Å². The van der Waals surface area contributed by atoms with Gasteiger partial charge >= 0.3 is 18.0 Å². The molecule has 0 spiro atoms. The molecule has 0 saturated carbocycles. The Balaban J connectivity index is 1.42. The van der Waals surface area contributed by atoms with Gasteiger partial charge in [0.2, 0.25) is 0 Å². The fourth-order valence-electron chi connectivity index (χ4n) is 4.22. The van der Waals surface area contributed by atoms with Crippen LogP contribution in [0.1, 0.15) is 27.9 Å². The number of nitrogens with one attached hydrogen (secondary N) is 1. The first-order chi connectivity index (χ1) is 16.5. The smallest absolute Gasteiger partial charge is 0.417 e. The molecule has 1 unspecified atom stereocenters. The van der Waals surface area contributed by atoms with Gasteiger partial charge in [0.1, 0.15) is 5.82 Å². The average Bonchev–Trinajstić information content (AvgIpc) is 3.17. The molecule has 1 atom stereocenters. The van der Waals surface area contributed by atoms with E-state index in [0.29, 0.717) is 30.2 Å². The summed E-state index contributed by atoms with van der Waals surface area (Å²) < 4.78 is 57.8. The summed E-state index contributed by atoms with van der Waals surface area (Å²) in [5.41, 5.74) is -0.0553. The number of halogens is 4. The summed E-state index contributed by atoms with van der Waals surface area (Å²) in [6.07, 6.45) is -5.89. The van der Waals surface area contributed by atoms with Crippen molar-refractivity contribution in [3.8, 4) is 0 Å². The van der Waals surface area contributed by atoms with Crippen molar-refractivity contribution in [2.45, 2.75) is 25.1 Å². The van der Waals surface area contributed by atoms with Crippen LogP contribution in [0.3, 0.4) is 0 Å². The van der Waals surface area contributed by atoms with Gasteiger partial charge in [-0.25, -0.2) is 14.0 Å². The average molecular weight is 495 g/mol. The molecule has 0 aliphatic carbocycles. The number of aromatic amines is 1. The molecule has 0 radical (unpaired) electrons. The minimum Gasteiger partial charge on any atom is -0.465 e. The van der Waals surface area contributed by atoms with Gasteiger partial charge in [-0.15, -0.1) is 0 Å². The number of fused-ring (bicyclic) bond motifs is 1. The van der Waals surface area contributed by atoms with Crippen molar-refractivity contribution in [1.82, 2.24) is 14.8 Å². The van der Waals surface area contributed by atoms with Gasteiger partial charge in [-0.3, -0.25) is 14.7 Å². The topological polar surface area (TPSA) is 107 Å². The number of H-pyrrole nitrogens is 1. The lowest BCUT2D eigenvalue weighted by atomic mass is 10.00. The number of rotatable bonds is 6. The highest BCUT2D eigenvalue weighted by atomic mass is 19.4. The summed E-state index contributed by atoms with van der Waals surface area (Å²) in [4.78, 5) is 41.1. The molecule has 1 amide bonds. The second-order valence-corrected chi connectivity index (χ2v) is 8.34. The van der Waals surface area contributed by atoms with Crippen molar-refractivity contribution in [2.24, 2.45) is 0 Å². The quantitative estimate of drug-likeness (QED) is 0.399. The lowest BCUT2D eigenvalue weighted by Crippen LogP contribution is -2.56. The maximum absolute atomic E-state index is 14.4. The molecule has 35 heavy (non-hydrogen) atoms. The van der Waals surface area contributed by atoms with Crippen LogP contribution in [0.15, 0.2) is 45.6 Å². The fraction of sp³-hybridized carbons (Fsp3) is 0.348. The van der Waals surface area contributed by atoms with Crippen LogP contribution in [0.25, 0.3) is 11.1 Å². The number of carbonyl (C=O) groups is 2. The number of oxazole rings is 1. The van der Waals surface area contributed by atoms with E-state index in [0.717, 1.165) is 17.0 Å². The van der Waals surface area contributed by atoms with Gasteiger partial charge in [0.15, 0.2) is 11.4 Å². The zero-order valence-corrected chi connectivity index (χ0v) is 18.3. The lowest BCUT2D eigenvalue weighted by Gasteiger charge is -2.40. The van der Waals surface area contributed by atoms with E-state index in [2.05, 4.69) is 4.98 Å². The van der Waals surface area contributed by atoms with Gasteiger partial charge in [-0.05, 0) is 42.3 Å². The number of amides is 1. The number of carboxylic acid groups (broad SMARTS) is 1. The molecule has 2 heterocycles. The van der Waals surface area contributed by atoms with Crippen LogP contribution >= 0.6 is 0 Å². The molecule has 1 saturated heterocycles. The number of nitrogens with zero attached hydrogens (tertiary/aromatic N) is 2. The predicted molar refractivity (Wildman–Crippen MR) is 116 cm³/mol. The van der Waals surface area contributed by atoms with Gasteiger partial charge in [-0.2, -0.15) is 13.2 Å². The summed E-state index contributed by atoms with van der Waals surface area (Å²) in [7, 11) is 0. The molecule has 3 aromatic rings. The van der Waals surface area contributed by atoms with Crippen molar-refractivity contribution >= 4 is 23.0 Å². The van der Waals surface area contributed by atoms with Crippen LogP contribution in [0.2, 0.25) is 0 Å². The number of alkyl halides is 3. The van der Waals surface area contributed by atoms with Gasteiger partial charge < -0.3 is 14.4 Å². The third-order valence-corrected chi connectivity index (χ3v) is 6.05.